The van der Waals surface area contributed by atoms with Gasteiger partial charge in [0.25, 0.3) is 0 Å². The van der Waals surface area contributed by atoms with Crippen LogP contribution in [0.4, 0.5) is 11.6 Å². The number of nitrogen functional groups attached to an aromatic ring is 1. The predicted octanol–water partition coefficient (Wildman–Crippen LogP) is 0.602. The molecule has 0 saturated carbocycles. The molecule has 0 spiro atoms. The lowest BCUT2D eigenvalue weighted by molar-refractivity contribution is -0.127. The Bertz CT molecular complexity index is 2100. The fraction of sp³-hybridized carbons (Fsp3) is 0.450. The minimum Gasteiger partial charge on any atom is -0.465 e. The van der Waals surface area contributed by atoms with Gasteiger partial charge in [-0.2, -0.15) is 8.62 Å². The first-order chi connectivity index (χ1) is 23.1. The van der Waals surface area contributed by atoms with Crippen molar-refractivity contribution in [2.24, 2.45) is 0 Å². The van der Waals surface area contributed by atoms with Crippen LogP contribution in [0.5, 0.6) is 0 Å². The fourth-order valence-electron chi connectivity index (χ4n) is 4.46. The van der Waals surface area contributed by atoms with E-state index in [4.69, 9.17) is 46.5 Å². The molecule has 3 aromatic rings. The third kappa shape index (κ3) is 9.65. The van der Waals surface area contributed by atoms with Crippen LogP contribution in [0.1, 0.15) is 15.9 Å². The molecule has 8 N–H and O–H groups in total. The van der Waals surface area contributed by atoms with Gasteiger partial charge >= 0.3 is 29.4 Å². The van der Waals surface area contributed by atoms with E-state index < -0.39 is 82.9 Å². The number of phosphoric ester groups is 1. The zero-order valence-corrected chi connectivity index (χ0v) is 30.5. The van der Waals surface area contributed by atoms with Gasteiger partial charge in [-0.3, -0.25) is 13.9 Å². The monoisotopic (exact) mass is 828 g/mol. The summed E-state index contributed by atoms with van der Waals surface area (Å²) in [5.41, 5.74) is 5.75. The smallest absolute Gasteiger partial charge is 0.465 e. The quantitative estimate of drug-likeness (QED) is 0.0626. The molecule has 3 aromatic heterocycles. The largest absolute Gasteiger partial charge is 0.490 e. The van der Waals surface area contributed by atoms with Gasteiger partial charge in [0.05, 0.1) is 25.7 Å². The number of fused-ring (bicyclic) bond motifs is 1. The zero-order valence-electron chi connectivity index (χ0n) is 25.4. The first-order valence-corrected chi connectivity index (χ1v) is 20.8. The number of nitrogens with one attached hydrogen (secondary N) is 2. The Kier molecular flexibility index (Phi) is 12.2. The molecular weight excluding hydrogens is 801 g/mol. The number of hydrogen-bond acceptors (Lipinski definition) is 19. The molecule has 1 aliphatic rings. The molecule has 0 aromatic carbocycles. The second kappa shape index (κ2) is 15.2. The Morgan fingerprint density at radius 3 is 2.44 bits per heavy atom. The van der Waals surface area contributed by atoms with Crippen molar-refractivity contribution in [3.05, 3.63) is 21.2 Å². The molecule has 6 unspecified atom stereocenters. The molecular formula is C20H27N6O18P3S3. The number of phosphoric acid groups is 3. The van der Waals surface area contributed by atoms with Crippen molar-refractivity contribution in [1.29, 1.82) is 0 Å². The number of nitrogens with two attached hydrogens (primary N) is 1. The van der Waals surface area contributed by atoms with Gasteiger partial charge in [0, 0.05) is 18.7 Å². The highest BCUT2D eigenvalue weighted by molar-refractivity contribution is 7.91. The topological polar surface area (TPSA) is 350 Å². The van der Waals surface area contributed by atoms with Crippen LogP contribution in [0, 0.1) is 4.64 Å². The fourth-order valence-corrected chi connectivity index (χ4v) is 9.97. The number of hydrogen-bond donors (Lipinski definition) is 7. The first-order valence-electron chi connectivity index (χ1n) is 13.1. The standard InChI is InChI=1S/C20H27N6O18P3S3/c1-38-14-13(40-5-10(27)23-11-9(50(3,36)37)6-49-15(11)19(28)39-2)8(4-41-46(32,33)44-47(34,35)43-45(29,30)31)42-18(14)26-7-22-12-16(26)24-20(21)25-17(12)48/h6-8,13-14,18H,4-5H2,1-3H3,(H,23,27)(H,32,33)(H,34,35)(H2,29,30,31)(H3,21,24,25,48). The normalized spacial score (nSPS) is 22.2. The first kappa shape index (κ1) is 40.2. The minimum absolute atomic E-state index is 0.00357. The average molecular weight is 829 g/mol. The number of thiophene rings is 1. The van der Waals surface area contributed by atoms with Gasteiger partial charge in [0.1, 0.15) is 45.9 Å². The zero-order chi connectivity index (χ0) is 37.4. The summed E-state index contributed by atoms with van der Waals surface area (Å²) in [6.07, 6.45) is -3.36. The second-order valence-electron chi connectivity index (χ2n) is 9.82. The Morgan fingerprint density at radius 2 is 1.84 bits per heavy atom. The number of aromatic amines is 1. The Hall–Kier alpha value is -2.55. The molecule has 0 radical (unpaired) electrons. The maximum absolute atomic E-state index is 13.1. The number of esters is 1. The van der Waals surface area contributed by atoms with Gasteiger partial charge in [-0.05, 0) is 0 Å². The molecule has 50 heavy (non-hydrogen) atoms. The van der Waals surface area contributed by atoms with E-state index in [2.05, 4.69) is 33.6 Å². The maximum Gasteiger partial charge on any atom is 0.490 e. The van der Waals surface area contributed by atoms with Crippen molar-refractivity contribution in [3.8, 4) is 0 Å². The van der Waals surface area contributed by atoms with Crippen LogP contribution in [0.15, 0.2) is 16.6 Å². The van der Waals surface area contributed by atoms with E-state index in [1.807, 2.05) is 0 Å². The minimum atomic E-state index is -5.87. The Labute approximate surface area is 289 Å². The van der Waals surface area contributed by atoms with Gasteiger partial charge in [-0.15, -0.1) is 11.3 Å². The highest BCUT2D eigenvalue weighted by Crippen LogP contribution is 2.66. The van der Waals surface area contributed by atoms with E-state index in [0.29, 0.717) is 11.3 Å². The molecule has 278 valence electrons. The number of carbonyl (C=O) groups excluding carboxylic acids is 2. The van der Waals surface area contributed by atoms with Crippen LogP contribution in [0.3, 0.4) is 0 Å². The summed E-state index contributed by atoms with van der Waals surface area (Å²) < 4.78 is 95.3. The molecule has 24 nitrogen and oxygen atoms in total. The molecule has 4 rings (SSSR count). The molecule has 4 heterocycles. The lowest BCUT2D eigenvalue weighted by atomic mass is 10.1. The lowest BCUT2D eigenvalue weighted by Gasteiger charge is -2.24. The average Bonchev–Trinajstić information content (AvgIpc) is 3.67. The Balaban J connectivity index is 1.63. The molecule has 0 bridgehead atoms. The summed E-state index contributed by atoms with van der Waals surface area (Å²) in [7, 11) is -18.9. The SMILES string of the molecule is COC(=O)c1scc(S(C)(=O)=O)c1NC(=O)COC1C(COP(=O)(O)OP(=O)(O)OP(=O)(O)O)OC(n2cnc3c(=S)nc(N)[nH]c32)C1OC. The van der Waals surface area contributed by atoms with Crippen molar-refractivity contribution >= 4 is 91.5 Å². The van der Waals surface area contributed by atoms with Crippen LogP contribution in [-0.4, -0.2) is 111 Å². The number of H-pyrrole nitrogens is 1. The van der Waals surface area contributed by atoms with Crippen LogP contribution in [-0.2, 0) is 60.4 Å². The Morgan fingerprint density at radius 1 is 1.16 bits per heavy atom. The molecule has 6 atom stereocenters. The number of amides is 1. The number of methoxy groups -OCH3 is 2. The number of anilines is 2. The van der Waals surface area contributed by atoms with E-state index >= 15 is 0 Å². The van der Waals surface area contributed by atoms with Crippen LogP contribution in [0.25, 0.3) is 11.2 Å². The number of rotatable bonds is 15. The van der Waals surface area contributed by atoms with Crippen LogP contribution in [0.2, 0.25) is 0 Å². The van der Waals surface area contributed by atoms with E-state index in [1.165, 1.54) is 18.0 Å². The van der Waals surface area contributed by atoms with E-state index in [-0.39, 0.29) is 37.2 Å². The number of imidazole rings is 1. The highest BCUT2D eigenvalue weighted by Gasteiger charge is 2.49. The summed E-state index contributed by atoms with van der Waals surface area (Å²) in [6.45, 7) is -1.93. The molecule has 0 aliphatic carbocycles. The maximum atomic E-state index is 13.1. The summed E-state index contributed by atoms with van der Waals surface area (Å²) >= 11 is 5.88. The number of ether oxygens (including phenoxy) is 4. The van der Waals surface area contributed by atoms with Crippen LogP contribution >= 0.6 is 47.0 Å². The molecule has 1 fully saturated rings. The summed E-state index contributed by atoms with van der Waals surface area (Å²) in [4.78, 5) is 72.6. The summed E-state index contributed by atoms with van der Waals surface area (Å²) in [6, 6.07) is 0. The molecule has 1 aliphatic heterocycles. The van der Waals surface area contributed by atoms with Crippen molar-refractivity contribution < 1.29 is 83.4 Å². The summed E-state index contributed by atoms with van der Waals surface area (Å²) in [5.74, 6) is -2.06. The third-order valence-electron chi connectivity index (χ3n) is 6.31. The van der Waals surface area contributed by atoms with Gasteiger partial charge in [0.15, 0.2) is 26.7 Å². The summed E-state index contributed by atoms with van der Waals surface area (Å²) in [5, 5.41) is 3.41. The van der Waals surface area contributed by atoms with Gasteiger partial charge < -0.3 is 54.6 Å². The molecule has 1 saturated heterocycles. The van der Waals surface area contributed by atoms with Gasteiger partial charge in [0.2, 0.25) is 5.91 Å². The number of aromatic nitrogens is 4. The van der Waals surface area contributed by atoms with E-state index in [9.17, 15) is 41.5 Å². The van der Waals surface area contributed by atoms with Crippen molar-refractivity contribution in [3.63, 3.8) is 0 Å². The number of carbonyl (C=O) groups is 2. The highest BCUT2D eigenvalue weighted by atomic mass is 32.2. The van der Waals surface area contributed by atoms with E-state index in [0.717, 1.165) is 18.7 Å². The van der Waals surface area contributed by atoms with Gasteiger partial charge in [-0.25, -0.2) is 36.9 Å². The van der Waals surface area contributed by atoms with E-state index in [1.54, 1.807) is 0 Å². The van der Waals surface area contributed by atoms with Crippen molar-refractivity contribution in [2.75, 3.05) is 44.7 Å². The molecule has 30 heteroatoms. The molecule has 1 amide bonds. The van der Waals surface area contributed by atoms with Crippen molar-refractivity contribution in [1.82, 2.24) is 19.5 Å². The predicted molar refractivity (Wildman–Crippen MR) is 169 cm³/mol. The van der Waals surface area contributed by atoms with Gasteiger partial charge in [-0.1, -0.05) is 12.2 Å². The second-order valence-corrected chi connectivity index (χ2v) is 17.5. The number of nitrogens with zero attached hydrogens (tertiary/aromatic N) is 3. The number of sulfone groups is 1. The third-order valence-corrected chi connectivity index (χ3v) is 12.6. The van der Waals surface area contributed by atoms with Crippen molar-refractivity contribution in [2.45, 2.75) is 29.4 Å². The van der Waals surface area contributed by atoms with Crippen LogP contribution < -0.4 is 11.1 Å². The lowest BCUT2D eigenvalue weighted by Crippen LogP contribution is -2.39.